The number of hydrogen-bond acceptors (Lipinski definition) is 3. The lowest BCUT2D eigenvalue weighted by Crippen LogP contribution is -2.61. The van der Waals surface area contributed by atoms with Gasteiger partial charge in [0.05, 0.1) is 12.1 Å². The molecule has 3 heteroatoms. The van der Waals surface area contributed by atoms with Gasteiger partial charge >= 0.3 is 0 Å². The molecule has 0 bridgehead atoms. The van der Waals surface area contributed by atoms with Gasteiger partial charge in [0.1, 0.15) is 0 Å². The van der Waals surface area contributed by atoms with Crippen molar-refractivity contribution >= 4 is 0 Å². The van der Waals surface area contributed by atoms with Crippen LogP contribution in [0.2, 0.25) is 0 Å². The Hall–Kier alpha value is -0.900. The van der Waals surface area contributed by atoms with Gasteiger partial charge in [-0.05, 0) is 17.9 Å². The van der Waals surface area contributed by atoms with Crippen LogP contribution in [0.15, 0.2) is 24.3 Å². The van der Waals surface area contributed by atoms with E-state index in [0.717, 1.165) is 26.2 Å². The number of aliphatic hydroxyl groups is 1. The molecule has 1 aromatic carbocycles. The molecule has 1 aliphatic rings. The van der Waals surface area contributed by atoms with Crippen LogP contribution in [-0.2, 0) is 5.54 Å². The van der Waals surface area contributed by atoms with Crippen molar-refractivity contribution < 1.29 is 5.11 Å². The molecule has 20 heavy (non-hydrogen) atoms. The minimum atomic E-state index is -0.317. The maximum Gasteiger partial charge on any atom is 0.0743 e. The molecule has 0 amide bonds. The van der Waals surface area contributed by atoms with Crippen molar-refractivity contribution in [2.75, 3.05) is 32.8 Å². The molecule has 1 unspecified atom stereocenters. The summed E-state index contributed by atoms with van der Waals surface area (Å²) in [5.74, 6) is 0. The molecule has 1 saturated heterocycles. The molecule has 0 aliphatic carbocycles. The molecule has 1 aromatic rings. The lowest BCUT2D eigenvalue weighted by molar-refractivity contribution is -0.0602. The maximum atomic E-state index is 10.3. The Bertz CT molecular complexity index is 429. The van der Waals surface area contributed by atoms with Crippen LogP contribution >= 0.6 is 0 Å². The zero-order valence-electron chi connectivity index (χ0n) is 13.2. The molecule has 0 radical (unpaired) electrons. The van der Waals surface area contributed by atoms with E-state index in [9.17, 15) is 5.11 Å². The second-order valence-electron chi connectivity index (χ2n) is 6.87. The molecule has 2 N–H and O–H groups in total. The van der Waals surface area contributed by atoms with Crippen LogP contribution in [0.25, 0.3) is 0 Å². The Balaban J connectivity index is 2.49. The third kappa shape index (κ3) is 2.62. The van der Waals surface area contributed by atoms with E-state index in [-0.39, 0.29) is 17.6 Å². The van der Waals surface area contributed by atoms with E-state index in [0.29, 0.717) is 0 Å². The molecule has 0 aromatic heterocycles. The number of piperazine rings is 1. The summed E-state index contributed by atoms with van der Waals surface area (Å²) in [5.41, 5.74) is 2.13. The largest absolute Gasteiger partial charge is 0.394 e. The zero-order valence-corrected chi connectivity index (χ0v) is 13.2. The van der Waals surface area contributed by atoms with Crippen LogP contribution < -0.4 is 5.32 Å². The fraction of sp³-hybridized carbons (Fsp3) is 0.647. The van der Waals surface area contributed by atoms with Crippen LogP contribution in [0.1, 0.15) is 31.9 Å². The highest BCUT2D eigenvalue weighted by Crippen LogP contribution is 2.44. The van der Waals surface area contributed by atoms with Crippen molar-refractivity contribution in [3.05, 3.63) is 35.4 Å². The van der Waals surface area contributed by atoms with Crippen LogP contribution in [0.4, 0.5) is 0 Å². The third-order valence-corrected chi connectivity index (χ3v) is 4.66. The minimum Gasteiger partial charge on any atom is -0.394 e. The van der Waals surface area contributed by atoms with E-state index < -0.39 is 0 Å². The second-order valence-corrected chi connectivity index (χ2v) is 6.87. The summed E-state index contributed by atoms with van der Waals surface area (Å²) in [6, 6.07) is 8.65. The summed E-state index contributed by atoms with van der Waals surface area (Å²) in [6.45, 7) is 12.9. The quantitative estimate of drug-likeness (QED) is 0.888. The van der Waals surface area contributed by atoms with Gasteiger partial charge in [0, 0.05) is 26.2 Å². The first kappa shape index (κ1) is 15.5. The number of nitrogens with one attached hydrogen (secondary N) is 1. The summed E-state index contributed by atoms with van der Waals surface area (Å²) in [6.07, 6.45) is 0. The average molecular weight is 276 g/mol. The maximum absolute atomic E-state index is 10.3. The minimum absolute atomic E-state index is 0.0334. The van der Waals surface area contributed by atoms with Gasteiger partial charge < -0.3 is 10.4 Å². The number of rotatable bonds is 3. The summed E-state index contributed by atoms with van der Waals surface area (Å²) in [4.78, 5) is 2.45. The summed E-state index contributed by atoms with van der Waals surface area (Å²) < 4.78 is 0. The van der Waals surface area contributed by atoms with Gasteiger partial charge in [-0.3, -0.25) is 4.90 Å². The number of benzene rings is 1. The smallest absolute Gasteiger partial charge is 0.0743 e. The Morgan fingerprint density at radius 2 is 1.65 bits per heavy atom. The first-order valence-corrected chi connectivity index (χ1v) is 7.55. The molecular weight excluding hydrogens is 248 g/mol. The first-order valence-electron chi connectivity index (χ1n) is 7.55. The van der Waals surface area contributed by atoms with Gasteiger partial charge in [-0.25, -0.2) is 0 Å². The topological polar surface area (TPSA) is 35.5 Å². The average Bonchev–Trinajstić information content (AvgIpc) is 2.42. The lowest BCUT2D eigenvalue weighted by atomic mass is 9.68. The normalized spacial score (nSPS) is 20.6. The Morgan fingerprint density at radius 1 is 1.10 bits per heavy atom. The highest BCUT2D eigenvalue weighted by Gasteiger charge is 2.47. The van der Waals surface area contributed by atoms with Crippen molar-refractivity contribution in [2.24, 2.45) is 5.41 Å². The van der Waals surface area contributed by atoms with Crippen molar-refractivity contribution in [2.45, 2.75) is 33.2 Å². The zero-order chi connectivity index (χ0) is 14.8. The summed E-state index contributed by atoms with van der Waals surface area (Å²) in [7, 11) is 0. The van der Waals surface area contributed by atoms with Crippen LogP contribution in [-0.4, -0.2) is 42.8 Å². The monoisotopic (exact) mass is 276 g/mol. The highest BCUT2D eigenvalue weighted by atomic mass is 16.3. The fourth-order valence-corrected chi connectivity index (χ4v) is 3.39. The number of aryl methyl sites for hydroxylation is 1. The van der Waals surface area contributed by atoms with Crippen LogP contribution in [0.3, 0.4) is 0 Å². The number of nitrogens with zero attached hydrogens (tertiary/aromatic N) is 1. The molecule has 1 fully saturated rings. The Morgan fingerprint density at radius 3 is 2.10 bits per heavy atom. The standard InChI is InChI=1S/C17H28N2O/c1-14-5-7-15(8-6-14)17(13-20,16(2,3)4)19-11-9-18-10-12-19/h5-8,18,20H,9-13H2,1-4H3. The molecule has 112 valence electrons. The van der Waals surface area contributed by atoms with E-state index in [1.54, 1.807) is 0 Å². The second kappa shape index (κ2) is 5.84. The van der Waals surface area contributed by atoms with Crippen molar-refractivity contribution in [3.8, 4) is 0 Å². The van der Waals surface area contributed by atoms with Crippen LogP contribution in [0, 0.1) is 12.3 Å². The first-order chi connectivity index (χ1) is 9.41. The predicted octanol–water partition coefficient (Wildman–Crippen LogP) is 2.13. The van der Waals surface area contributed by atoms with Gasteiger partial charge in [-0.1, -0.05) is 50.6 Å². The summed E-state index contributed by atoms with van der Waals surface area (Å²) >= 11 is 0. The summed E-state index contributed by atoms with van der Waals surface area (Å²) in [5, 5.41) is 13.7. The Labute approximate surface area is 123 Å². The molecule has 3 nitrogen and oxygen atoms in total. The lowest BCUT2D eigenvalue weighted by Gasteiger charge is -2.53. The Kier molecular flexibility index (Phi) is 4.52. The van der Waals surface area contributed by atoms with E-state index in [1.165, 1.54) is 11.1 Å². The van der Waals surface area contributed by atoms with Gasteiger partial charge in [-0.2, -0.15) is 0 Å². The molecule has 1 atom stereocenters. The molecule has 0 saturated carbocycles. The van der Waals surface area contributed by atoms with E-state index in [2.05, 4.69) is 62.2 Å². The van der Waals surface area contributed by atoms with Crippen molar-refractivity contribution in [1.29, 1.82) is 0 Å². The molecular formula is C17H28N2O. The van der Waals surface area contributed by atoms with Crippen molar-refractivity contribution in [1.82, 2.24) is 10.2 Å². The SMILES string of the molecule is Cc1ccc(C(CO)(N2CCNCC2)C(C)(C)C)cc1. The van der Waals surface area contributed by atoms with Gasteiger partial charge in [0.25, 0.3) is 0 Å². The molecule has 1 heterocycles. The molecule has 0 spiro atoms. The van der Waals surface area contributed by atoms with Crippen LogP contribution in [0.5, 0.6) is 0 Å². The molecule has 1 aliphatic heterocycles. The van der Waals surface area contributed by atoms with E-state index in [1.807, 2.05) is 0 Å². The number of hydrogen-bond donors (Lipinski definition) is 2. The fourth-order valence-electron chi connectivity index (χ4n) is 3.39. The van der Waals surface area contributed by atoms with E-state index in [4.69, 9.17) is 0 Å². The van der Waals surface area contributed by atoms with Crippen molar-refractivity contribution in [3.63, 3.8) is 0 Å². The van der Waals surface area contributed by atoms with Gasteiger partial charge in [0.15, 0.2) is 0 Å². The highest BCUT2D eigenvalue weighted by molar-refractivity contribution is 5.31. The number of aliphatic hydroxyl groups excluding tert-OH is 1. The molecule has 2 rings (SSSR count). The predicted molar refractivity (Wildman–Crippen MR) is 83.8 cm³/mol. The third-order valence-electron chi connectivity index (χ3n) is 4.66. The van der Waals surface area contributed by atoms with Gasteiger partial charge in [0.2, 0.25) is 0 Å². The van der Waals surface area contributed by atoms with E-state index >= 15 is 0 Å². The van der Waals surface area contributed by atoms with Gasteiger partial charge in [-0.15, -0.1) is 0 Å².